The molecular formula is C21H20N2O3. The molecule has 0 N–H and O–H groups in total. The number of amides is 1. The number of hydrogen-bond donors (Lipinski definition) is 0. The number of hydrogen-bond acceptors (Lipinski definition) is 4. The summed E-state index contributed by atoms with van der Waals surface area (Å²) < 4.78 is 11.4. The molecule has 26 heavy (non-hydrogen) atoms. The van der Waals surface area contributed by atoms with E-state index in [1.165, 1.54) is 0 Å². The molecule has 0 spiro atoms. The van der Waals surface area contributed by atoms with Crippen molar-refractivity contribution in [1.29, 1.82) is 0 Å². The Balaban J connectivity index is 1.27. The number of aromatic nitrogens is 1. The van der Waals surface area contributed by atoms with Gasteiger partial charge in [0, 0.05) is 11.5 Å². The van der Waals surface area contributed by atoms with Gasteiger partial charge in [0.2, 0.25) is 5.88 Å². The van der Waals surface area contributed by atoms with Crippen molar-refractivity contribution in [3.05, 3.63) is 66.2 Å². The Morgan fingerprint density at radius 1 is 1.12 bits per heavy atom. The highest BCUT2D eigenvalue weighted by Crippen LogP contribution is 2.20. The molecule has 1 fully saturated rings. The number of carbonyl (C=O) groups is 1. The van der Waals surface area contributed by atoms with E-state index in [1.807, 2.05) is 67.6 Å². The highest BCUT2D eigenvalue weighted by Gasteiger charge is 2.32. The van der Waals surface area contributed by atoms with Crippen molar-refractivity contribution in [3.8, 4) is 11.6 Å². The summed E-state index contributed by atoms with van der Waals surface area (Å²) in [6.45, 7) is 3.16. The molecule has 1 aromatic heterocycles. The summed E-state index contributed by atoms with van der Waals surface area (Å²) in [4.78, 5) is 18.4. The van der Waals surface area contributed by atoms with Crippen molar-refractivity contribution in [2.24, 2.45) is 0 Å². The highest BCUT2D eigenvalue weighted by atomic mass is 16.5. The second-order valence-electron chi connectivity index (χ2n) is 6.49. The highest BCUT2D eigenvalue weighted by molar-refractivity contribution is 5.79. The largest absolute Gasteiger partial charge is 0.484 e. The number of benzene rings is 2. The first kappa shape index (κ1) is 16.4. The Morgan fingerprint density at radius 2 is 1.96 bits per heavy atom. The molecule has 0 aliphatic carbocycles. The average Bonchev–Trinajstić information content (AvgIpc) is 2.62. The van der Waals surface area contributed by atoms with Crippen LogP contribution >= 0.6 is 0 Å². The molecule has 0 atom stereocenters. The van der Waals surface area contributed by atoms with Gasteiger partial charge in [0.25, 0.3) is 5.91 Å². The van der Waals surface area contributed by atoms with Gasteiger partial charge in [-0.15, -0.1) is 0 Å². The van der Waals surface area contributed by atoms with Crippen LogP contribution in [0.4, 0.5) is 0 Å². The van der Waals surface area contributed by atoms with E-state index in [1.54, 1.807) is 4.90 Å². The van der Waals surface area contributed by atoms with E-state index >= 15 is 0 Å². The Hall–Kier alpha value is -3.08. The van der Waals surface area contributed by atoms with E-state index in [-0.39, 0.29) is 18.6 Å². The molecule has 2 heterocycles. The molecule has 0 unspecified atom stereocenters. The zero-order chi connectivity index (χ0) is 17.9. The van der Waals surface area contributed by atoms with Crippen molar-refractivity contribution < 1.29 is 14.3 Å². The molecular weight excluding hydrogens is 328 g/mol. The maximum absolute atomic E-state index is 12.2. The lowest BCUT2D eigenvalue weighted by Gasteiger charge is -2.38. The number of ether oxygens (including phenoxy) is 2. The van der Waals surface area contributed by atoms with Gasteiger partial charge >= 0.3 is 0 Å². The topological polar surface area (TPSA) is 51.7 Å². The number of para-hydroxylation sites is 1. The number of nitrogens with zero attached hydrogens (tertiary/aromatic N) is 2. The minimum absolute atomic E-state index is 0.0217. The van der Waals surface area contributed by atoms with Crippen molar-refractivity contribution >= 4 is 16.8 Å². The lowest BCUT2D eigenvalue weighted by Crippen LogP contribution is -2.57. The van der Waals surface area contributed by atoms with Crippen LogP contribution in [0.1, 0.15) is 5.56 Å². The number of fused-ring (bicyclic) bond motifs is 1. The maximum Gasteiger partial charge on any atom is 0.260 e. The monoisotopic (exact) mass is 348 g/mol. The Bertz CT molecular complexity index is 935. The van der Waals surface area contributed by atoms with Gasteiger partial charge in [-0.3, -0.25) is 4.79 Å². The van der Waals surface area contributed by atoms with Crippen molar-refractivity contribution in [2.75, 3.05) is 19.7 Å². The van der Waals surface area contributed by atoms with Gasteiger partial charge < -0.3 is 14.4 Å². The third-order valence-electron chi connectivity index (χ3n) is 4.41. The zero-order valence-electron chi connectivity index (χ0n) is 14.6. The third kappa shape index (κ3) is 3.61. The molecule has 5 heteroatoms. The van der Waals surface area contributed by atoms with Gasteiger partial charge in [-0.25, -0.2) is 4.98 Å². The summed E-state index contributed by atoms with van der Waals surface area (Å²) in [6.07, 6.45) is -0.0217. The fourth-order valence-electron chi connectivity index (χ4n) is 2.94. The Kier molecular flexibility index (Phi) is 4.44. The molecule has 0 radical (unpaired) electrons. The number of likely N-dealkylation sites (tertiary alicyclic amines) is 1. The first-order valence-corrected chi connectivity index (χ1v) is 8.67. The first-order chi connectivity index (χ1) is 12.7. The number of rotatable bonds is 5. The molecule has 1 aliphatic heterocycles. The summed E-state index contributed by atoms with van der Waals surface area (Å²) in [5.41, 5.74) is 2.01. The van der Waals surface area contributed by atoms with Crippen LogP contribution in [0.2, 0.25) is 0 Å². The first-order valence-electron chi connectivity index (χ1n) is 8.67. The summed E-state index contributed by atoms with van der Waals surface area (Å²) in [5.74, 6) is 1.28. The number of aryl methyl sites for hydroxylation is 1. The lowest BCUT2D eigenvalue weighted by atomic mass is 10.1. The molecule has 1 amide bonds. The SMILES string of the molecule is Cc1cccc(OCC(=O)N2CC(Oc3ccc4ccccc4n3)C2)c1. The molecule has 1 saturated heterocycles. The quantitative estimate of drug-likeness (QED) is 0.710. The Labute approximate surface area is 152 Å². The molecule has 5 nitrogen and oxygen atoms in total. The van der Waals surface area contributed by atoms with Gasteiger partial charge in [-0.2, -0.15) is 0 Å². The summed E-state index contributed by atoms with van der Waals surface area (Å²) in [5, 5.41) is 1.08. The van der Waals surface area contributed by atoms with Crippen LogP contribution < -0.4 is 9.47 Å². The van der Waals surface area contributed by atoms with Crippen molar-refractivity contribution in [2.45, 2.75) is 13.0 Å². The molecule has 4 rings (SSSR count). The smallest absolute Gasteiger partial charge is 0.260 e. The fraction of sp³-hybridized carbons (Fsp3) is 0.238. The number of pyridine rings is 1. The molecule has 0 bridgehead atoms. The minimum Gasteiger partial charge on any atom is -0.484 e. The van der Waals surface area contributed by atoms with Crippen LogP contribution in [0.3, 0.4) is 0 Å². The van der Waals surface area contributed by atoms with Gasteiger partial charge in [-0.05, 0) is 36.8 Å². The van der Waals surface area contributed by atoms with Crippen molar-refractivity contribution in [1.82, 2.24) is 9.88 Å². The third-order valence-corrected chi connectivity index (χ3v) is 4.41. The zero-order valence-corrected chi connectivity index (χ0v) is 14.6. The van der Waals surface area contributed by atoms with Gasteiger partial charge in [0.15, 0.2) is 6.61 Å². The van der Waals surface area contributed by atoms with Crippen molar-refractivity contribution in [3.63, 3.8) is 0 Å². The molecule has 132 valence electrons. The maximum atomic E-state index is 12.2. The molecule has 1 aliphatic rings. The molecule has 3 aromatic rings. The van der Waals surface area contributed by atoms with Gasteiger partial charge in [-0.1, -0.05) is 30.3 Å². The predicted molar refractivity (Wildman–Crippen MR) is 99.4 cm³/mol. The van der Waals surface area contributed by atoms with E-state index in [2.05, 4.69) is 4.98 Å². The summed E-state index contributed by atoms with van der Waals surface area (Å²) in [7, 11) is 0. The minimum atomic E-state index is -0.0298. The van der Waals surface area contributed by atoms with Crippen LogP contribution in [-0.4, -0.2) is 41.6 Å². The van der Waals surface area contributed by atoms with Crippen LogP contribution in [-0.2, 0) is 4.79 Å². The van der Waals surface area contributed by atoms with Gasteiger partial charge in [0.1, 0.15) is 11.9 Å². The van der Waals surface area contributed by atoms with E-state index in [0.717, 1.165) is 16.5 Å². The van der Waals surface area contributed by atoms with E-state index in [9.17, 15) is 4.79 Å². The standard InChI is InChI=1S/C21H20N2O3/c1-15-5-4-7-17(11-15)25-14-21(24)23-12-18(13-23)26-20-10-9-16-6-2-3-8-19(16)22-20/h2-11,18H,12-14H2,1H3. The van der Waals surface area contributed by atoms with Gasteiger partial charge in [0.05, 0.1) is 18.6 Å². The van der Waals surface area contributed by atoms with E-state index in [0.29, 0.717) is 24.7 Å². The summed E-state index contributed by atoms with van der Waals surface area (Å²) >= 11 is 0. The second kappa shape index (κ2) is 7.04. The lowest BCUT2D eigenvalue weighted by molar-refractivity contribution is -0.142. The number of carbonyl (C=O) groups excluding carboxylic acids is 1. The molecule has 0 saturated carbocycles. The molecule has 2 aromatic carbocycles. The normalized spacial score (nSPS) is 14.1. The average molecular weight is 348 g/mol. The van der Waals surface area contributed by atoms with Crippen LogP contribution in [0.5, 0.6) is 11.6 Å². The van der Waals surface area contributed by atoms with Crippen LogP contribution in [0, 0.1) is 6.92 Å². The predicted octanol–water partition coefficient (Wildman–Crippen LogP) is 3.21. The summed E-state index contributed by atoms with van der Waals surface area (Å²) in [6, 6.07) is 19.5. The fourth-order valence-corrected chi connectivity index (χ4v) is 2.94. The Morgan fingerprint density at radius 3 is 2.81 bits per heavy atom. The van der Waals surface area contributed by atoms with Crippen LogP contribution in [0.25, 0.3) is 10.9 Å². The second-order valence-corrected chi connectivity index (χ2v) is 6.49. The van der Waals surface area contributed by atoms with Crippen LogP contribution in [0.15, 0.2) is 60.7 Å². The van der Waals surface area contributed by atoms with E-state index < -0.39 is 0 Å². The van der Waals surface area contributed by atoms with E-state index in [4.69, 9.17) is 9.47 Å².